The van der Waals surface area contributed by atoms with Gasteiger partial charge in [-0.3, -0.25) is 0 Å². The molecule has 7 nitrogen and oxygen atoms in total. The van der Waals surface area contributed by atoms with E-state index in [0.717, 1.165) is 5.56 Å². The van der Waals surface area contributed by atoms with Gasteiger partial charge in [-0.15, -0.1) is 4.79 Å². The molecule has 0 fully saturated rings. The molecule has 1 aromatic carbocycles. The first-order valence-corrected chi connectivity index (χ1v) is 5.67. The van der Waals surface area contributed by atoms with Crippen LogP contribution in [0.1, 0.15) is 5.56 Å². The molecule has 0 bridgehead atoms. The van der Waals surface area contributed by atoms with Gasteiger partial charge in [-0.05, 0) is 28.1 Å². The Kier molecular flexibility index (Phi) is 3.73. The van der Waals surface area contributed by atoms with Crippen LogP contribution in [0.15, 0.2) is 12.1 Å². The van der Waals surface area contributed by atoms with Gasteiger partial charge in [-0.25, -0.2) is 0 Å². The summed E-state index contributed by atoms with van der Waals surface area (Å²) < 4.78 is 5.06. The van der Waals surface area contributed by atoms with Gasteiger partial charge < -0.3 is 15.9 Å². The molecule has 0 saturated carbocycles. The number of hydrogen-bond acceptors (Lipinski definition) is 6. The third-order valence-electron chi connectivity index (χ3n) is 2.19. The molecule has 0 atom stereocenters. The minimum Gasteiger partial charge on any atom is -0.494 e. The third kappa shape index (κ3) is 2.57. The van der Waals surface area contributed by atoms with Crippen LogP contribution in [0.2, 0.25) is 10.0 Å². The predicted octanol–water partition coefficient (Wildman–Crippen LogP) is 1.31. The van der Waals surface area contributed by atoms with Crippen LogP contribution >= 0.6 is 23.2 Å². The first kappa shape index (κ1) is 12.7. The Morgan fingerprint density at radius 3 is 2.56 bits per heavy atom. The number of aromatic nitrogens is 4. The lowest BCUT2D eigenvalue weighted by molar-refractivity contribution is 0.415. The second kappa shape index (κ2) is 5.28. The summed E-state index contributed by atoms with van der Waals surface area (Å²) in [7, 11) is 1.51. The highest BCUT2D eigenvalue weighted by atomic mass is 35.5. The van der Waals surface area contributed by atoms with Crippen molar-refractivity contribution in [3.8, 4) is 5.75 Å². The van der Waals surface area contributed by atoms with Gasteiger partial charge in [0, 0.05) is 0 Å². The van der Waals surface area contributed by atoms with E-state index in [2.05, 4.69) is 21.0 Å². The van der Waals surface area contributed by atoms with Crippen molar-refractivity contribution < 1.29 is 4.74 Å². The molecule has 3 N–H and O–H groups in total. The van der Waals surface area contributed by atoms with Crippen LogP contribution in [0.3, 0.4) is 0 Å². The van der Waals surface area contributed by atoms with Crippen LogP contribution in [-0.2, 0) is 6.54 Å². The fourth-order valence-electron chi connectivity index (χ4n) is 1.38. The number of nitrogens with one attached hydrogen (secondary N) is 1. The van der Waals surface area contributed by atoms with Crippen molar-refractivity contribution in [3.63, 3.8) is 0 Å². The molecule has 0 amide bonds. The fraction of sp³-hybridized carbons (Fsp3) is 0.222. The lowest BCUT2D eigenvalue weighted by Gasteiger charge is -2.10. The second-order valence-electron chi connectivity index (χ2n) is 3.38. The average Bonchev–Trinajstić information content (AvgIpc) is 2.72. The maximum atomic E-state index is 6.02. The van der Waals surface area contributed by atoms with Crippen molar-refractivity contribution >= 4 is 29.2 Å². The fourth-order valence-corrected chi connectivity index (χ4v) is 2.07. The van der Waals surface area contributed by atoms with Crippen LogP contribution in [0.5, 0.6) is 5.75 Å². The molecule has 2 aromatic rings. The van der Waals surface area contributed by atoms with Crippen molar-refractivity contribution in [2.75, 3.05) is 18.3 Å². The van der Waals surface area contributed by atoms with E-state index in [1.807, 2.05) is 0 Å². The summed E-state index contributed by atoms with van der Waals surface area (Å²) in [6, 6.07) is 3.47. The number of methoxy groups -OCH3 is 1. The van der Waals surface area contributed by atoms with Crippen LogP contribution in [0.4, 0.5) is 5.95 Å². The minimum atomic E-state index is 0.167. The number of hydrogen-bond donors (Lipinski definition) is 2. The summed E-state index contributed by atoms with van der Waals surface area (Å²) in [5.41, 5.74) is 9.25. The molecule has 0 unspecified atom stereocenters. The van der Waals surface area contributed by atoms with Gasteiger partial charge in [0.15, 0.2) is 5.75 Å². The Balaban J connectivity index is 2.13. The lowest BCUT2D eigenvalue weighted by Crippen LogP contribution is -2.18. The number of anilines is 1. The van der Waals surface area contributed by atoms with Gasteiger partial charge in [-0.2, -0.15) is 0 Å². The molecule has 96 valence electrons. The molecule has 0 aliphatic heterocycles. The van der Waals surface area contributed by atoms with Crippen LogP contribution in [0.25, 0.3) is 0 Å². The van der Waals surface area contributed by atoms with E-state index in [-0.39, 0.29) is 5.95 Å². The van der Waals surface area contributed by atoms with Gasteiger partial charge >= 0.3 is 0 Å². The molecule has 1 aromatic heterocycles. The normalized spacial score (nSPS) is 10.4. The molecule has 0 saturated heterocycles. The van der Waals surface area contributed by atoms with Crippen molar-refractivity contribution in [1.82, 2.24) is 20.3 Å². The van der Waals surface area contributed by atoms with Crippen molar-refractivity contribution in [2.24, 2.45) is 0 Å². The Hall–Kier alpha value is -1.73. The molecule has 2 rings (SSSR count). The van der Waals surface area contributed by atoms with E-state index in [4.69, 9.17) is 33.7 Å². The largest absolute Gasteiger partial charge is 0.494 e. The van der Waals surface area contributed by atoms with Gasteiger partial charge in [-0.1, -0.05) is 28.3 Å². The maximum Gasteiger partial charge on any atom is 0.260 e. The van der Waals surface area contributed by atoms with E-state index >= 15 is 0 Å². The highest BCUT2D eigenvalue weighted by Gasteiger charge is 2.09. The molecular weight excluding hydrogens is 279 g/mol. The van der Waals surface area contributed by atoms with E-state index in [0.29, 0.717) is 22.3 Å². The zero-order valence-electron chi connectivity index (χ0n) is 9.39. The van der Waals surface area contributed by atoms with Crippen molar-refractivity contribution in [3.05, 3.63) is 27.7 Å². The Labute approximate surface area is 113 Å². The lowest BCUT2D eigenvalue weighted by atomic mass is 10.2. The highest BCUT2D eigenvalue weighted by molar-refractivity contribution is 6.37. The molecule has 0 aliphatic rings. The van der Waals surface area contributed by atoms with Crippen molar-refractivity contribution in [2.45, 2.75) is 6.54 Å². The molecule has 0 radical (unpaired) electrons. The first-order chi connectivity index (χ1) is 8.61. The van der Waals surface area contributed by atoms with Gasteiger partial charge in [0.05, 0.1) is 23.7 Å². The number of nitrogen functional groups attached to an aromatic ring is 1. The average molecular weight is 289 g/mol. The predicted molar refractivity (Wildman–Crippen MR) is 68.3 cm³/mol. The van der Waals surface area contributed by atoms with Gasteiger partial charge in [0.25, 0.3) is 5.95 Å². The van der Waals surface area contributed by atoms with Crippen molar-refractivity contribution in [1.29, 1.82) is 0 Å². The SMILES string of the molecule is COc1c(Cl)cc(CNn2nnnc2N)cc1Cl. The number of rotatable bonds is 4. The van der Waals surface area contributed by atoms with Crippen LogP contribution in [0, 0.1) is 0 Å². The number of nitrogens with two attached hydrogens (primary N) is 1. The monoisotopic (exact) mass is 288 g/mol. The smallest absolute Gasteiger partial charge is 0.260 e. The number of ether oxygens (including phenoxy) is 1. The van der Waals surface area contributed by atoms with E-state index in [9.17, 15) is 0 Å². The van der Waals surface area contributed by atoms with E-state index < -0.39 is 0 Å². The molecular formula is C9H10Cl2N6O. The summed E-state index contributed by atoms with van der Waals surface area (Å²) in [6.07, 6.45) is 0. The topological polar surface area (TPSA) is 90.9 Å². The first-order valence-electron chi connectivity index (χ1n) is 4.91. The minimum absolute atomic E-state index is 0.167. The summed E-state index contributed by atoms with van der Waals surface area (Å²) >= 11 is 12.0. The highest BCUT2D eigenvalue weighted by Crippen LogP contribution is 2.33. The quantitative estimate of drug-likeness (QED) is 0.882. The van der Waals surface area contributed by atoms with Crippen LogP contribution < -0.4 is 15.9 Å². The summed E-state index contributed by atoms with van der Waals surface area (Å²) in [5.74, 6) is 0.615. The van der Waals surface area contributed by atoms with Gasteiger partial charge in [0.2, 0.25) is 0 Å². The molecule has 18 heavy (non-hydrogen) atoms. The zero-order valence-corrected chi connectivity index (χ0v) is 10.9. The van der Waals surface area contributed by atoms with Gasteiger partial charge in [0.1, 0.15) is 0 Å². The number of halogens is 2. The Morgan fingerprint density at radius 1 is 1.39 bits per heavy atom. The Morgan fingerprint density at radius 2 is 2.06 bits per heavy atom. The standard InChI is InChI=1S/C9H10Cl2N6O/c1-18-8-6(10)2-5(3-7(8)11)4-13-17-9(12)14-15-16-17/h2-3,13H,4H2,1H3,(H2,12,14,16). The maximum absolute atomic E-state index is 6.02. The number of benzene rings is 1. The number of nitrogens with zero attached hydrogens (tertiary/aromatic N) is 4. The van der Waals surface area contributed by atoms with E-state index in [1.165, 1.54) is 11.9 Å². The van der Waals surface area contributed by atoms with E-state index in [1.54, 1.807) is 12.1 Å². The third-order valence-corrected chi connectivity index (χ3v) is 2.75. The number of tetrazole rings is 1. The molecule has 9 heteroatoms. The summed E-state index contributed by atoms with van der Waals surface area (Å²) in [6.45, 7) is 0.415. The second-order valence-corrected chi connectivity index (χ2v) is 4.19. The van der Waals surface area contributed by atoms with Crippen LogP contribution in [-0.4, -0.2) is 27.4 Å². The Bertz CT molecular complexity index is 535. The molecule has 0 aliphatic carbocycles. The summed E-state index contributed by atoms with van der Waals surface area (Å²) in [5, 5.41) is 11.4. The molecule has 1 heterocycles. The summed E-state index contributed by atoms with van der Waals surface area (Å²) in [4.78, 5) is 1.26. The molecule has 0 spiro atoms. The zero-order chi connectivity index (χ0) is 13.1.